The van der Waals surface area contributed by atoms with Crippen molar-refractivity contribution in [2.75, 3.05) is 6.54 Å². The van der Waals surface area contributed by atoms with E-state index in [1.807, 2.05) is 5.43 Å². The average Bonchev–Trinajstić information content (AvgIpc) is 2.74. The molecule has 1 aliphatic rings. The molecule has 0 saturated heterocycles. The second kappa shape index (κ2) is 8.77. The Morgan fingerprint density at radius 2 is 1.64 bits per heavy atom. The topological polar surface area (TPSA) is 130 Å². The monoisotopic (exact) mass is 325 g/mol. The maximum Gasteiger partial charge on any atom is 0.490 e. The minimum Gasteiger partial charge on any atom is -0.475 e. The number of carboxylic acid groups (broad SMARTS) is 1. The highest BCUT2D eigenvalue weighted by Gasteiger charge is 2.38. The van der Waals surface area contributed by atoms with Gasteiger partial charge in [0.15, 0.2) is 0 Å². The van der Waals surface area contributed by atoms with Gasteiger partial charge in [0, 0.05) is 25.1 Å². The van der Waals surface area contributed by atoms with E-state index in [-0.39, 0.29) is 17.7 Å². The van der Waals surface area contributed by atoms with E-state index in [0.717, 1.165) is 4.90 Å². The molecule has 1 aliphatic heterocycles. The van der Waals surface area contributed by atoms with Crippen molar-refractivity contribution >= 4 is 23.7 Å². The third kappa shape index (κ3) is 7.38. The molecule has 22 heavy (non-hydrogen) atoms. The van der Waals surface area contributed by atoms with Gasteiger partial charge in [-0.2, -0.15) is 13.2 Å². The number of alkyl halides is 3. The SMILES string of the molecule is NNC(=O)CCCCN1C(=O)C=CC1=O.O=C(O)C(F)(F)F. The molecule has 0 aromatic heterocycles. The predicted molar refractivity (Wildman–Crippen MR) is 65.7 cm³/mol. The van der Waals surface area contributed by atoms with E-state index < -0.39 is 12.1 Å². The number of amides is 3. The molecule has 11 heteroatoms. The van der Waals surface area contributed by atoms with Crippen LogP contribution in [0.2, 0.25) is 0 Å². The fourth-order valence-electron chi connectivity index (χ4n) is 1.28. The number of nitrogens with two attached hydrogens (primary N) is 1. The van der Waals surface area contributed by atoms with Crippen LogP contribution in [0.5, 0.6) is 0 Å². The molecule has 0 aromatic rings. The first-order chi connectivity index (χ1) is 10.1. The molecule has 4 N–H and O–H groups in total. The first kappa shape index (κ1) is 19.6. The van der Waals surface area contributed by atoms with Crippen LogP contribution < -0.4 is 11.3 Å². The highest BCUT2D eigenvalue weighted by atomic mass is 19.4. The molecule has 0 spiro atoms. The number of carbonyl (C=O) groups is 4. The van der Waals surface area contributed by atoms with Gasteiger partial charge in [-0.25, -0.2) is 10.6 Å². The second-order valence-electron chi connectivity index (χ2n) is 3.99. The van der Waals surface area contributed by atoms with Gasteiger partial charge in [0.05, 0.1) is 0 Å². The van der Waals surface area contributed by atoms with Crippen LogP contribution in [0, 0.1) is 0 Å². The molecule has 0 unspecified atom stereocenters. The highest BCUT2D eigenvalue weighted by molar-refractivity contribution is 6.12. The standard InChI is InChI=1S/C9H13N3O3.C2HF3O2/c10-11-7(13)3-1-2-6-12-8(14)4-5-9(12)15;3-2(4,5)1(6)7/h4-5H,1-3,6,10H2,(H,11,13);(H,6,7). The van der Waals surface area contributed by atoms with Gasteiger partial charge in [-0.05, 0) is 12.8 Å². The number of nitrogens with zero attached hydrogens (tertiary/aromatic N) is 1. The Bertz CT molecular complexity index is 458. The smallest absolute Gasteiger partial charge is 0.475 e. The van der Waals surface area contributed by atoms with Crippen LogP contribution in [0.3, 0.4) is 0 Å². The minimum absolute atomic E-state index is 0.243. The van der Waals surface area contributed by atoms with Crippen molar-refractivity contribution < 1.29 is 37.5 Å². The summed E-state index contributed by atoms with van der Waals surface area (Å²) in [6.45, 7) is 0.350. The summed E-state index contributed by atoms with van der Waals surface area (Å²) >= 11 is 0. The van der Waals surface area contributed by atoms with Gasteiger partial charge in [-0.3, -0.25) is 24.7 Å². The van der Waals surface area contributed by atoms with Crippen molar-refractivity contribution in [1.82, 2.24) is 10.3 Å². The zero-order valence-corrected chi connectivity index (χ0v) is 11.2. The zero-order valence-electron chi connectivity index (χ0n) is 11.2. The minimum atomic E-state index is -5.08. The van der Waals surface area contributed by atoms with E-state index in [1.54, 1.807) is 0 Å². The number of unbranched alkanes of at least 4 members (excludes halogenated alkanes) is 1. The molecule has 8 nitrogen and oxygen atoms in total. The molecular formula is C11H14F3N3O5. The van der Waals surface area contributed by atoms with Crippen molar-refractivity contribution in [2.45, 2.75) is 25.4 Å². The first-order valence-corrected chi connectivity index (χ1v) is 5.92. The van der Waals surface area contributed by atoms with Gasteiger partial charge >= 0.3 is 12.1 Å². The fourth-order valence-corrected chi connectivity index (χ4v) is 1.28. The number of aliphatic carboxylic acids is 1. The van der Waals surface area contributed by atoms with Crippen LogP contribution in [0.4, 0.5) is 13.2 Å². The molecule has 124 valence electrons. The normalized spacial score (nSPS) is 13.7. The zero-order chi connectivity index (χ0) is 17.3. The van der Waals surface area contributed by atoms with Crippen LogP contribution in [-0.2, 0) is 19.2 Å². The summed E-state index contributed by atoms with van der Waals surface area (Å²) in [6.07, 6.45) is -1.09. The number of carboxylic acids is 1. The van der Waals surface area contributed by atoms with Crippen LogP contribution in [0.15, 0.2) is 12.2 Å². The van der Waals surface area contributed by atoms with Crippen molar-refractivity contribution in [2.24, 2.45) is 5.84 Å². The number of nitrogens with one attached hydrogen (secondary N) is 1. The first-order valence-electron chi connectivity index (χ1n) is 5.92. The van der Waals surface area contributed by atoms with Gasteiger partial charge in [0.1, 0.15) is 0 Å². The third-order valence-corrected chi connectivity index (χ3v) is 2.34. The average molecular weight is 325 g/mol. The maximum absolute atomic E-state index is 11.1. The Hall–Kier alpha value is -2.43. The van der Waals surface area contributed by atoms with Gasteiger partial charge in [-0.1, -0.05) is 0 Å². The second-order valence-corrected chi connectivity index (χ2v) is 3.99. The summed E-state index contributed by atoms with van der Waals surface area (Å²) in [7, 11) is 0. The summed E-state index contributed by atoms with van der Waals surface area (Å²) in [6, 6.07) is 0. The fraction of sp³-hybridized carbons (Fsp3) is 0.455. The van der Waals surface area contributed by atoms with Crippen molar-refractivity contribution in [3.63, 3.8) is 0 Å². The number of rotatable bonds is 5. The molecule has 0 aromatic carbocycles. The molecular weight excluding hydrogens is 311 g/mol. The van der Waals surface area contributed by atoms with Gasteiger partial charge in [-0.15, -0.1) is 0 Å². The lowest BCUT2D eigenvalue weighted by Gasteiger charge is -2.12. The molecule has 0 bridgehead atoms. The van der Waals surface area contributed by atoms with Gasteiger partial charge < -0.3 is 5.11 Å². The number of imide groups is 1. The van der Waals surface area contributed by atoms with E-state index in [2.05, 4.69) is 0 Å². The summed E-state index contributed by atoms with van der Waals surface area (Å²) in [5.41, 5.74) is 2.01. The Morgan fingerprint density at radius 1 is 1.18 bits per heavy atom. The van der Waals surface area contributed by atoms with Gasteiger partial charge in [0.25, 0.3) is 11.8 Å². The molecule has 0 atom stereocenters. The number of halogens is 3. The summed E-state index contributed by atoms with van der Waals surface area (Å²) in [5.74, 6) is 1.31. The van der Waals surface area contributed by atoms with E-state index in [4.69, 9.17) is 15.7 Å². The maximum atomic E-state index is 11.1. The Balaban J connectivity index is 0.000000534. The highest BCUT2D eigenvalue weighted by Crippen LogP contribution is 2.13. The molecule has 1 heterocycles. The van der Waals surface area contributed by atoms with Crippen LogP contribution in [0.1, 0.15) is 19.3 Å². The largest absolute Gasteiger partial charge is 0.490 e. The van der Waals surface area contributed by atoms with E-state index >= 15 is 0 Å². The Labute approximate surface area is 122 Å². The molecule has 0 aliphatic carbocycles. The van der Waals surface area contributed by atoms with Crippen molar-refractivity contribution in [3.8, 4) is 0 Å². The van der Waals surface area contributed by atoms with Crippen molar-refractivity contribution in [1.29, 1.82) is 0 Å². The van der Waals surface area contributed by atoms with E-state index in [1.165, 1.54) is 12.2 Å². The quantitative estimate of drug-likeness (QED) is 0.209. The molecule has 0 saturated carbocycles. The molecule has 1 rings (SSSR count). The van der Waals surface area contributed by atoms with Gasteiger partial charge in [0.2, 0.25) is 5.91 Å². The van der Waals surface area contributed by atoms with E-state index in [0.29, 0.717) is 25.8 Å². The molecule has 3 amide bonds. The third-order valence-electron chi connectivity index (χ3n) is 2.34. The van der Waals surface area contributed by atoms with Crippen molar-refractivity contribution in [3.05, 3.63) is 12.2 Å². The number of hydrazine groups is 1. The Morgan fingerprint density at radius 3 is 2.00 bits per heavy atom. The Kier molecular flexibility index (Phi) is 7.80. The summed E-state index contributed by atoms with van der Waals surface area (Å²) < 4.78 is 31.7. The lowest BCUT2D eigenvalue weighted by Crippen LogP contribution is -2.32. The molecule has 0 radical (unpaired) electrons. The van der Waals surface area contributed by atoms with Crippen LogP contribution in [0.25, 0.3) is 0 Å². The lowest BCUT2D eigenvalue weighted by molar-refractivity contribution is -0.192. The predicted octanol–water partition coefficient (Wildman–Crippen LogP) is -0.295. The summed E-state index contributed by atoms with van der Waals surface area (Å²) in [5, 5.41) is 7.12. The van der Waals surface area contributed by atoms with Crippen LogP contribution in [-0.4, -0.2) is 46.4 Å². The van der Waals surface area contributed by atoms with E-state index in [9.17, 15) is 27.6 Å². The number of carbonyl (C=O) groups excluding carboxylic acids is 3. The van der Waals surface area contributed by atoms with Crippen LogP contribution >= 0.6 is 0 Å². The molecule has 0 fully saturated rings. The summed E-state index contributed by atoms with van der Waals surface area (Å²) in [4.78, 5) is 43.0. The number of hydrogen-bond donors (Lipinski definition) is 3. The lowest BCUT2D eigenvalue weighted by atomic mass is 10.2. The number of hydrogen-bond acceptors (Lipinski definition) is 5.